The molecule has 1 amide bonds. The van der Waals surface area contributed by atoms with Crippen molar-refractivity contribution >= 4 is 17.5 Å². The molecule has 0 spiro atoms. The van der Waals surface area contributed by atoms with Crippen molar-refractivity contribution in [3.63, 3.8) is 0 Å². The molecule has 0 atom stereocenters. The van der Waals surface area contributed by atoms with Crippen LogP contribution in [-0.2, 0) is 0 Å². The number of carbonyl (C=O) groups is 1. The summed E-state index contributed by atoms with van der Waals surface area (Å²) in [6.45, 7) is 5.64. The summed E-state index contributed by atoms with van der Waals surface area (Å²) < 4.78 is 0. The molecule has 0 bridgehead atoms. The number of nitrogens with one attached hydrogen (secondary N) is 1. The van der Waals surface area contributed by atoms with Crippen molar-refractivity contribution < 1.29 is 9.90 Å². The van der Waals surface area contributed by atoms with Crippen molar-refractivity contribution in [1.82, 2.24) is 10.2 Å². The number of benzene rings is 1. The minimum atomic E-state index is -0.186. The highest BCUT2D eigenvalue weighted by Crippen LogP contribution is 2.23. The molecule has 1 aromatic carbocycles. The molecule has 106 valence electrons. The number of hydrogen-bond acceptors (Lipinski definition) is 3. The molecule has 19 heavy (non-hydrogen) atoms. The molecule has 0 saturated heterocycles. The smallest absolute Gasteiger partial charge is 0.251 e. The lowest BCUT2D eigenvalue weighted by Crippen LogP contribution is -2.39. The summed E-state index contributed by atoms with van der Waals surface area (Å²) in [6, 6.07) is 4.43. The standard InChI is InChI=1S/C14H21ClN2O2/c1-14(2,9-17(3)4)8-16-13(19)10-5-6-12(18)11(15)7-10/h5-7,18H,8-9H2,1-4H3,(H,16,19). The second kappa shape index (κ2) is 6.26. The molecule has 5 heteroatoms. The Hall–Kier alpha value is -1.26. The lowest BCUT2D eigenvalue weighted by atomic mass is 9.93. The molecule has 1 rings (SSSR count). The van der Waals surface area contributed by atoms with Crippen LogP contribution in [0.25, 0.3) is 0 Å². The van der Waals surface area contributed by atoms with E-state index < -0.39 is 0 Å². The molecule has 0 aliphatic carbocycles. The second-order valence-corrected chi connectivity index (χ2v) is 6.16. The Morgan fingerprint density at radius 1 is 1.42 bits per heavy atom. The van der Waals surface area contributed by atoms with Crippen LogP contribution in [0.5, 0.6) is 5.75 Å². The molecule has 1 aromatic rings. The van der Waals surface area contributed by atoms with Crippen LogP contribution >= 0.6 is 11.6 Å². The van der Waals surface area contributed by atoms with Gasteiger partial charge in [0, 0.05) is 18.7 Å². The van der Waals surface area contributed by atoms with Gasteiger partial charge in [-0.15, -0.1) is 0 Å². The quantitative estimate of drug-likeness (QED) is 0.873. The van der Waals surface area contributed by atoms with Crippen LogP contribution < -0.4 is 5.32 Å². The fourth-order valence-electron chi connectivity index (χ4n) is 1.98. The Balaban J connectivity index is 2.62. The Morgan fingerprint density at radius 2 is 2.05 bits per heavy atom. The maximum atomic E-state index is 12.0. The van der Waals surface area contributed by atoms with E-state index in [4.69, 9.17) is 11.6 Å². The van der Waals surface area contributed by atoms with Crippen LogP contribution in [0.2, 0.25) is 5.02 Å². The van der Waals surface area contributed by atoms with Gasteiger partial charge in [-0.25, -0.2) is 0 Å². The van der Waals surface area contributed by atoms with Crippen molar-refractivity contribution in [2.75, 3.05) is 27.2 Å². The molecule has 0 aromatic heterocycles. The van der Waals surface area contributed by atoms with E-state index in [1.165, 1.54) is 12.1 Å². The summed E-state index contributed by atoms with van der Waals surface area (Å²) in [6.07, 6.45) is 0. The topological polar surface area (TPSA) is 52.6 Å². The highest BCUT2D eigenvalue weighted by Gasteiger charge is 2.20. The van der Waals surface area contributed by atoms with Gasteiger partial charge in [0.15, 0.2) is 0 Å². The first kappa shape index (κ1) is 15.8. The molecular formula is C14H21ClN2O2. The maximum absolute atomic E-state index is 12.0. The van der Waals surface area contributed by atoms with Gasteiger partial charge in [-0.3, -0.25) is 4.79 Å². The third kappa shape index (κ3) is 5.09. The van der Waals surface area contributed by atoms with Crippen molar-refractivity contribution in [2.45, 2.75) is 13.8 Å². The Morgan fingerprint density at radius 3 is 2.58 bits per heavy atom. The number of phenols is 1. The number of halogens is 1. The molecule has 0 fully saturated rings. The van der Waals surface area contributed by atoms with Crippen molar-refractivity contribution in [2.24, 2.45) is 5.41 Å². The fraction of sp³-hybridized carbons (Fsp3) is 0.500. The number of phenolic OH excluding ortho intramolecular Hbond substituents is 1. The molecule has 0 aliphatic heterocycles. The minimum absolute atomic E-state index is 0.0140. The van der Waals surface area contributed by atoms with Crippen LogP contribution in [0, 0.1) is 5.41 Å². The van der Waals surface area contributed by atoms with E-state index in [0.717, 1.165) is 6.54 Å². The first-order chi connectivity index (χ1) is 8.71. The van der Waals surface area contributed by atoms with Crippen LogP contribution in [0.3, 0.4) is 0 Å². The molecule has 0 heterocycles. The Labute approximate surface area is 119 Å². The van der Waals surface area contributed by atoms with Crippen molar-refractivity contribution in [3.05, 3.63) is 28.8 Å². The summed E-state index contributed by atoms with van der Waals surface area (Å²) in [7, 11) is 4.01. The number of amides is 1. The normalized spacial score (nSPS) is 11.7. The van der Waals surface area contributed by atoms with Gasteiger partial charge >= 0.3 is 0 Å². The van der Waals surface area contributed by atoms with Gasteiger partial charge in [0.25, 0.3) is 5.91 Å². The number of hydrogen-bond donors (Lipinski definition) is 2. The molecule has 4 nitrogen and oxygen atoms in total. The lowest BCUT2D eigenvalue weighted by Gasteiger charge is -2.28. The molecule has 0 aliphatic rings. The van der Waals surface area contributed by atoms with Gasteiger partial charge < -0.3 is 15.3 Å². The summed E-state index contributed by atoms with van der Waals surface area (Å²) in [5.74, 6) is -0.208. The average molecular weight is 285 g/mol. The van der Waals surface area contributed by atoms with E-state index >= 15 is 0 Å². The molecule has 0 saturated carbocycles. The number of carbonyl (C=O) groups excluding carboxylic acids is 1. The summed E-state index contributed by atoms with van der Waals surface area (Å²) in [5.41, 5.74) is 0.434. The third-order valence-electron chi connectivity index (χ3n) is 2.68. The predicted octanol–water partition coefficient (Wildman–Crippen LogP) is 2.36. The number of aromatic hydroxyl groups is 1. The molecule has 0 radical (unpaired) electrons. The van der Waals surface area contributed by atoms with E-state index in [-0.39, 0.29) is 22.1 Å². The Bertz CT molecular complexity index is 459. The average Bonchev–Trinajstić information content (AvgIpc) is 2.28. The van der Waals surface area contributed by atoms with Crippen LogP contribution in [0.1, 0.15) is 24.2 Å². The molecule has 2 N–H and O–H groups in total. The highest BCUT2D eigenvalue weighted by molar-refractivity contribution is 6.32. The summed E-state index contributed by atoms with van der Waals surface area (Å²) >= 11 is 5.78. The highest BCUT2D eigenvalue weighted by atomic mass is 35.5. The molecular weight excluding hydrogens is 264 g/mol. The van der Waals surface area contributed by atoms with Crippen molar-refractivity contribution in [3.8, 4) is 5.75 Å². The Kier molecular flexibility index (Phi) is 5.20. The zero-order valence-electron chi connectivity index (χ0n) is 11.8. The first-order valence-electron chi connectivity index (χ1n) is 6.13. The van der Waals surface area contributed by atoms with Gasteiger partial charge in [-0.2, -0.15) is 0 Å². The van der Waals surface area contributed by atoms with E-state index in [9.17, 15) is 9.90 Å². The number of rotatable bonds is 5. The number of nitrogens with zero attached hydrogens (tertiary/aromatic N) is 1. The fourth-order valence-corrected chi connectivity index (χ4v) is 2.16. The zero-order valence-corrected chi connectivity index (χ0v) is 12.6. The zero-order chi connectivity index (χ0) is 14.6. The van der Waals surface area contributed by atoms with Gasteiger partial charge in [-0.1, -0.05) is 25.4 Å². The van der Waals surface area contributed by atoms with Crippen LogP contribution in [-0.4, -0.2) is 43.1 Å². The van der Waals surface area contributed by atoms with E-state index in [0.29, 0.717) is 12.1 Å². The van der Waals surface area contributed by atoms with Crippen LogP contribution in [0.15, 0.2) is 18.2 Å². The first-order valence-corrected chi connectivity index (χ1v) is 6.50. The largest absolute Gasteiger partial charge is 0.506 e. The van der Waals surface area contributed by atoms with E-state index in [1.807, 2.05) is 14.1 Å². The summed E-state index contributed by atoms with van der Waals surface area (Å²) in [4.78, 5) is 14.1. The van der Waals surface area contributed by atoms with Gasteiger partial charge in [0.1, 0.15) is 5.75 Å². The lowest BCUT2D eigenvalue weighted by molar-refractivity contribution is 0.0929. The van der Waals surface area contributed by atoms with Gasteiger partial charge in [0.05, 0.1) is 5.02 Å². The predicted molar refractivity (Wildman–Crippen MR) is 77.8 cm³/mol. The van der Waals surface area contributed by atoms with Gasteiger partial charge in [0.2, 0.25) is 0 Å². The van der Waals surface area contributed by atoms with Crippen LogP contribution in [0.4, 0.5) is 0 Å². The third-order valence-corrected chi connectivity index (χ3v) is 2.98. The van der Waals surface area contributed by atoms with E-state index in [2.05, 4.69) is 24.1 Å². The van der Waals surface area contributed by atoms with Crippen molar-refractivity contribution in [1.29, 1.82) is 0 Å². The molecule has 0 unspecified atom stereocenters. The summed E-state index contributed by atoms with van der Waals surface area (Å²) in [5, 5.41) is 12.4. The van der Waals surface area contributed by atoms with Gasteiger partial charge in [-0.05, 0) is 37.7 Å². The van der Waals surface area contributed by atoms with E-state index in [1.54, 1.807) is 6.07 Å². The maximum Gasteiger partial charge on any atom is 0.251 e. The minimum Gasteiger partial charge on any atom is -0.506 e. The monoisotopic (exact) mass is 284 g/mol. The second-order valence-electron chi connectivity index (χ2n) is 5.75. The SMILES string of the molecule is CN(C)CC(C)(C)CNC(=O)c1ccc(O)c(Cl)c1.